The highest BCUT2D eigenvalue weighted by atomic mass is 16.5. The van der Waals surface area contributed by atoms with Crippen molar-refractivity contribution in [3.05, 3.63) is 53.3 Å². The molecule has 0 aliphatic carbocycles. The molecule has 0 unspecified atom stereocenters. The zero-order valence-electron chi connectivity index (χ0n) is 13.5. The van der Waals surface area contributed by atoms with E-state index in [-0.39, 0.29) is 12.5 Å². The molecule has 0 fully saturated rings. The van der Waals surface area contributed by atoms with Crippen LogP contribution < -0.4 is 4.74 Å². The van der Waals surface area contributed by atoms with Gasteiger partial charge in [0.2, 0.25) is 0 Å². The van der Waals surface area contributed by atoms with Crippen LogP contribution in [0.15, 0.2) is 39.2 Å². The lowest BCUT2D eigenvalue weighted by molar-refractivity contribution is 0.0435. The monoisotopic (exact) mass is 328 g/mol. The van der Waals surface area contributed by atoms with Gasteiger partial charge in [-0.3, -0.25) is 0 Å². The van der Waals surface area contributed by atoms with E-state index in [0.717, 1.165) is 11.3 Å². The summed E-state index contributed by atoms with van der Waals surface area (Å²) in [7, 11) is 1.49. The van der Waals surface area contributed by atoms with Crippen LogP contribution in [0.4, 0.5) is 0 Å². The summed E-state index contributed by atoms with van der Waals surface area (Å²) in [6, 6.07) is 8.62. The Balaban J connectivity index is 1.69. The number of rotatable bonds is 5. The van der Waals surface area contributed by atoms with Crippen LogP contribution in [0.5, 0.6) is 5.75 Å². The van der Waals surface area contributed by atoms with Gasteiger partial charge in [-0.05, 0) is 32.0 Å². The van der Waals surface area contributed by atoms with Gasteiger partial charge in [0.25, 0.3) is 11.8 Å². The van der Waals surface area contributed by atoms with Crippen molar-refractivity contribution in [1.29, 1.82) is 0 Å². The molecule has 0 atom stereocenters. The molecule has 24 heavy (non-hydrogen) atoms. The van der Waals surface area contributed by atoms with E-state index in [4.69, 9.17) is 18.3 Å². The minimum Gasteiger partial charge on any atom is -0.496 e. The van der Waals surface area contributed by atoms with Crippen LogP contribution in [-0.4, -0.2) is 23.3 Å². The largest absolute Gasteiger partial charge is 0.496 e. The van der Waals surface area contributed by atoms with Gasteiger partial charge in [-0.2, -0.15) is 0 Å². The van der Waals surface area contributed by atoms with E-state index in [1.807, 2.05) is 19.9 Å². The summed E-state index contributed by atoms with van der Waals surface area (Å²) < 4.78 is 21.3. The highest BCUT2D eigenvalue weighted by Gasteiger charge is 2.17. The third-order valence-electron chi connectivity index (χ3n) is 3.39. The minimum atomic E-state index is -0.525. The van der Waals surface area contributed by atoms with Gasteiger partial charge in [0.05, 0.1) is 12.7 Å². The molecule has 0 N–H and O–H groups in total. The van der Waals surface area contributed by atoms with Gasteiger partial charge in [-0.25, -0.2) is 4.79 Å². The lowest BCUT2D eigenvalue weighted by atomic mass is 10.2. The molecule has 0 amide bonds. The molecule has 0 saturated carbocycles. The summed E-state index contributed by atoms with van der Waals surface area (Å²) in [6.45, 7) is 3.52. The number of aryl methyl sites for hydroxylation is 2. The second-order valence-electron chi connectivity index (χ2n) is 5.10. The number of methoxy groups -OCH3 is 1. The predicted octanol–water partition coefficient (Wildman–Crippen LogP) is 3.31. The summed E-state index contributed by atoms with van der Waals surface area (Å²) >= 11 is 0. The van der Waals surface area contributed by atoms with E-state index in [2.05, 4.69) is 10.2 Å². The molecule has 2 aromatic heterocycles. The number of carbonyl (C=O) groups is 1. The molecule has 0 bridgehead atoms. The second kappa shape index (κ2) is 6.57. The van der Waals surface area contributed by atoms with Gasteiger partial charge < -0.3 is 18.3 Å². The van der Waals surface area contributed by atoms with Crippen LogP contribution in [-0.2, 0) is 11.3 Å². The molecule has 0 spiro atoms. The number of nitrogens with zero attached hydrogens (tertiary/aromatic N) is 2. The molecule has 3 rings (SSSR count). The lowest BCUT2D eigenvalue weighted by Gasteiger charge is -2.06. The van der Waals surface area contributed by atoms with E-state index < -0.39 is 5.97 Å². The molecular weight excluding hydrogens is 312 g/mol. The number of hydrogen-bond acceptors (Lipinski definition) is 7. The number of esters is 1. The van der Waals surface area contributed by atoms with Crippen molar-refractivity contribution < 1.29 is 23.1 Å². The van der Waals surface area contributed by atoms with Gasteiger partial charge >= 0.3 is 5.97 Å². The number of para-hydroxylation sites is 1. The maximum absolute atomic E-state index is 12.1. The van der Waals surface area contributed by atoms with Crippen molar-refractivity contribution in [2.45, 2.75) is 20.5 Å². The molecule has 2 heterocycles. The molecule has 7 nitrogen and oxygen atoms in total. The maximum atomic E-state index is 12.1. The van der Waals surface area contributed by atoms with E-state index in [1.54, 1.807) is 24.3 Å². The third-order valence-corrected chi connectivity index (χ3v) is 3.39. The Kier molecular flexibility index (Phi) is 4.33. The standard InChI is InChI=1S/C17H16N2O5/c1-10-8-13(11(2)23-10)16-19-18-15(24-16)9-22-17(20)12-6-4-5-7-14(12)21-3/h4-8H,9H2,1-3H3. The number of aromatic nitrogens is 2. The van der Waals surface area contributed by atoms with Crippen LogP contribution in [0.3, 0.4) is 0 Å². The molecule has 7 heteroatoms. The first-order valence-electron chi connectivity index (χ1n) is 7.28. The second-order valence-corrected chi connectivity index (χ2v) is 5.10. The minimum absolute atomic E-state index is 0.125. The van der Waals surface area contributed by atoms with E-state index >= 15 is 0 Å². The third kappa shape index (κ3) is 3.15. The van der Waals surface area contributed by atoms with Gasteiger partial charge in [-0.15, -0.1) is 10.2 Å². The number of carbonyl (C=O) groups excluding carboxylic acids is 1. The Morgan fingerprint density at radius 1 is 1.17 bits per heavy atom. The fraction of sp³-hybridized carbons (Fsp3) is 0.235. The highest BCUT2D eigenvalue weighted by molar-refractivity contribution is 5.92. The summed E-state index contributed by atoms with van der Waals surface area (Å²) in [5.41, 5.74) is 1.06. The van der Waals surface area contributed by atoms with E-state index in [9.17, 15) is 4.79 Å². The summed E-state index contributed by atoms with van der Waals surface area (Å²) in [5.74, 6) is 1.89. The predicted molar refractivity (Wildman–Crippen MR) is 83.6 cm³/mol. The van der Waals surface area contributed by atoms with Gasteiger partial charge in [-0.1, -0.05) is 12.1 Å². The van der Waals surface area contributed by atoms with E-state index in [0.29, 0.717) is 23.0 Å². The van der Waals surface area contributed by atoms with Crippen molar-refractivity contribution in [3.63, 3.8) is 0 Å². The zero-order valence-corrected chi connectivity index (χ0v) is 13.5. The smallest absolute Gasteiger partial charge is 0.342 e. The normalized spacial score (nSPS) is 10.6. The Morgan fingerprint density at radius 3 is 2.67 bits per heavy atom. The van der Waals surface area contributed by atoms with Gasteiger partial charge in [0.1, 0.15) is 22.8 Å². The van der Waals surface area contributed by atoms with Crippen LogP contribution >= 0.6 is 0 Å². The van der Waals surface area contributed by atoms with Crippen molar-refractivity contribution >= 4 is 5.97 Å². The average molecular weight is 328 g/mol. The van der Waals surface area contributed by atoms with Gasteiger partial charge in [0.15, 0.2) is 6.61 Å². The number of furan rings is 1. The maximum Gasteiger partial charge on any atom is 0.342 e. The van der Waals surface area contributed by atoms with Crippen molar-refractivity contribution in [2.24, 2.45) is 0 Å². The van der Waals surface area contributed by atoms with Crippen LogP contribution in [0.1, 0.15) is 27.8 Å². The van der Waals surface area contributed by atoms with Crippen LogP contribution in [0, 0.1) is 13.8 Å². The van der Waals surface area contributed by atoms with Crippen molar-refractivity contribution in [2.75, 3.05) is 7.11 Å². The molecule has 0 aliphatic heterocycles. The Hall–Kier alpha value is -3.09. The lowest BCUT2D eigenvalue weighted by Crippen LogP contribution is -2.07. The first-order valence-corrected chi connectivity index (χ1v) is 7.28. The Morgan fingerprint density at radius 2 is 1.96 bits per heavy atom. The van der Waals surface area contributed by atoms with Crippen LogP contribution in [0.2, 0.25) is 0 Å². The van der Waals surface area contributed by atoms with Crippen LogP contribution in [0.25, 0.3) is 11.5 Å². The summed E-state index contributed by atoms with van der Waals surface area (Å²) in [5, 5.41) is 7.84. The SMILES string of the molecule is COc1ccccc1C(=O)OCc1nnc(-c2cc(C)oc2C)o1. The summed E-state index contributed by atoms with van der Waals surface area (Å²) in [4.78, 5) is 12.1. The molecule has 3 aromatic rings. The molecule has 124 valence electrons. The first kappa shape index (κ1) is 15.8. The van der Waals surface area contributed by atoms with Crippen molar-refractivity contribution in [1.82, 2.24) is 10.2 Å². The highest BCUT2D eigenvalue weighted by Crippen LogP contribution is 2.25. The number of benzene rings is 1. The fourth-order valence-electron chi connectivity index (χ4n) is 2.28. The Labute approximate surface area is 138 Å². The quantitative estimate of drug-likeness (QED) is 0.664. The van der Waals surface area contributed by atoms with E-state index in [1.165, 1.54) is 7.11 Å². The topological polar surface area (TPSA) is 87.6 Å². The first-order chi connectivity index (χ1) is 11.6. The van der Waals surface area contributed by atoms with Gasteiger partial charge in [0, 0.05) is 0 Å². The molecule has 0 radical (unpaired) electrons. The summed E-state index contributed by atoms with van der Waals surface area (Å²) in [6.07, 6.45) is 0. The average Bonchev–Trinajstić information content (AvgIpc) is 3.18. The molecule has 0 aliphatic rings. The zero-order chi connectivity index (χ0) is 17.1. The number of hydrogen-bond donors (Lipinski definition) is 0. The van der Waals surface area contributed by atoms with Crippen molar-refractivity contribution in [3.8, 4) is 17.2 Å². The fourth-order valence-corrected chi connectivity index (χ4v) is 2.28. The molecular formula is C17H16N2O5. The molecule has 0 saturated heterocycles. The Bertz CT molecular complexity index is 866. The number of ether oxygens (including phenoxy) is 2. The molecule has 1 aromatic carbocycles.